The molecule has 0 aliphatic rings. The van der Waals surface area contributed by atoms with E-state index in [1.807, 2.05) is 0 Å². The van der Waals surface area contributed by atoms with Crippen LogP contribution < -0.4 is 0 Å². The van der Waals surface area contributed by atoms with Crippen molar-refractivity contribution in [1.29, 1.82) is 0 Å². The third kappa shape index (κ3) is 2.09. The molecule has 0 atom stereocenters. The number of para-hydroxylation sites is 1. The highest BCUT2D eigenvalue weighted by Crippen LogP contribution is 2.28. The van der Waals surface area contributed by atoms with Gasteiger partial charge in [0.15, 0.2) is 10.4 Å². The molecular weight excluding hydrogens is 353 g/mol. The van der Waals surface area contributed by atoms with Gasteiger partial charge >= 0.3 is 0 Å². The topological polar surface area (TPSA) is 33.6 Å². The van der Waals surface area contributed by atoms with E-state index in [-0.39, 0.29) is 5.82 Å². The Balaban J connectivity index is 2.43. The highest BCUT2D eigenvalue weighted by atomic mass is 79.9. The second-order valence-corrected chi connectivity index (χ2v) is 5.54. The molecule has 0 aliphatic heterocycles. The number of H-pyrrole nitrogens is 1. The monoisotopic (exact) mass is 357 g/mol. The van der Waals surface area contributed by atoms with Crippen LogP contribution in [0.15, 0.2) is 34.9 Å². The molecule has 0 amide bonds. The predicted octanol–water partition coefficient (Wildman–Crippen LogP) is 4.64. The number of aromatic amines is 1. The summed E-state index contributed by atoms with van der Waals surface area (Å²) in [7, 11) is 0. The van der Waals surface area contributed by atoms with Gasteiger partial charge in [0.2, 0.25) is 0 Å². The summed E-state index contributed by atoms with van der Waals surface area (Å²) in [6, 6.07) is 6.43. The van der Waals surface area contributed by atoms with Crippen molar-refractivity contribution in [2.24, 2.45) is 0 Å². The van der Waals surface area contributed by atoms with E-state index < -0.39 is 0 Å². The number of nitrogens with zero attached hydrogens (tertiary/aromatic N) is 2. The Morgan fingerprint density at radius 2 is 2.21 bits per heavy atom. The molecule has 3 rings (SSSR count). The molecule has 2 aromatic heterocycles. The zero-order valence-corrected chi connectivity index (χ0v) is 12.5. The van der Waals surface area contributed by atoms with E-state index in [0.717, 1.165) is 0 Å². The average Bonchev–Trinajstić information content (AvgIpc) is 2.65. The standard InChI is InChI=1S/C12H6BrClFN3S/c13-7-2-1-3-8(15)10(7)18-11-9(17-12(18)19)4-6(14)5-16-11/h1-5H,(H,17,19). The van der Waals surface area contributed by atoms with Crippen LogP contribution >= 0.6 is 39.7 Å². The number of benzene rings is 1. The molecule has 1 N–H and O–H groups in total. The van der Waals surface area contributed by atoms with Crippen LogP contribution in [0.4, 0.5) is 4.39 Å². The Hall–Kier alpha value is -1.24. The van der Waals surface area contributed by atoms with E-state index >= 15 is 0 Å². The minimum absolute atomic E-state index is 0.327. The van der Waals surface area contributed by atoms with Crippen molar-refractivity contribution in [2.75, 3.05) is 0 Å². The average molecular weight is 359 g/mol. The van der Waals surface area contributed by atoms with Gasteiger partial charge in [0.1, 0.15) is 5.82 Å². The number of hydrogen-bond donors (Lipinski definition) is 1. The summed E-state index contributed by atoms with van der Waals surface area (Å²) in [6.45, 7) is 0. The third-order valence-corrected chi connectivity index (χ3v) is 3.78. The van der Waals surface area contributed by atoms with Crippen molar-refractivity contribution in [3.63, 3.8) is 0 Å². The fourth-order valence-corrected chi connectivity index (χ4v) is 2.84. The minimum Gasteiger partial charge on any atom is -0.329 e. The van der Waals surface area contributed by atoms with Gasteiger partial charge in [-0.2, -0.15) is 0 Å². The number of pyridine rings is 1. The molecule has 0 bridgehead atoms. The maximum absolute atomic E-state index is 14.0. The Kier molecular flexibility index (Phi) is 3.16. The summed E-state index contributed by atoms with van der Waals surface area (Å²) in [5.74, 6) is -0.386. The van der Waals surface area contributed by atoms with Crippen LogP contribution in [-0.4, -0.2) is 14.5 Å². The quantitative estimate of drug-likeness (QED) is 0.643. The second-order valence-electron chi connectivity index (χ2n) is 3.86. The van der Waals surface area contributed by atoms with E-state index in [1.54, 1.807) is 22.8 Å². The first-order valence-corrected chi connectivity index (χ1v) is 6.86. The van der Waals surface area contributed by atoms with Crippen molar-refractivity contribution >= 4 is 50.9 Å². The molecule has 96 valence electrons. The van der Waals surface area contributed by atoms with Crippen molar-refractivity contribution < 1.29 is 4.39 Å². The molecule has 2 heterocycles. The molecule has 3 aromatic rings. The first-order chi connectivity index (χ1) is 9.08. The van der Waals surface area contributed by atoms with Crippen molar-refractivity contribution in [2.45, 2.75) is 0 Å². The van der Waals surface area contributed by atoms with Gasteiger partial charge in [-0.1, -0.05) is 17.7 Å². The number of nitrogens with one attached hydrogen (secondary N) is 1. The van der Waals surface area contributed by atoms with Gasteiger partial charge in [0, 0.05) is 10.7 Å². The molecule has 0 fully saturated rings. The van der Waals surface area contributed by atoms with Crippen molar-refractivity contribution in [3.8, 4) is 5.69 Å². The van der Waals surface area contributed by atoms with Crippen LogP contribution in [0.1, 0.15) is 0 Å². The molecule has 3 nitrogen and oxygen atoms in total. The van der Waals surface area contributed by atoms with Crippen LogP contribution in [0.2, 0.25) is 5.02 Å². The number of halogens is 3. The number of rotatable bonds is 1. The molecule has 0 radical (unpaired) electrons. The lowest BCUT2D eigenvalue weighted by Crippen LogP contribution is -2.00. The molecule has 0 saturated carbocycles. The van der Waals surface area contributed by atoms with Gasteiger partial charge in [0.05, 0.1) is 16.2 Å². The predicted molar refractivity (Wildman–Crippen MR) is 78.9 cm³/mol. The summed E-state index contributed by atoms with van der Waals surface area (Å²) < 4.78 is 16.5. The Morgan fingerprint density at radius 1 is 1.42 bits per heavy atom. The van der Waals surface area contributed by atoms with Crippen LogP contribution in [0, 0.1) is 10.6 Å². The third-order valence-electron chi connectivity index (χ3n) is 2.65. The molecule has 0 aliphatic carbocycles. The molecule has 1 aromatic carbocycles. The molecule has 0 spiro atoms. The molecule has 19 heavy (non-hydrogen) atoms. The highest BCUT2D eigenvalue weighted by Gasteiger charge is 2.14. The summed E-state index contributed by atoms with van der Waals surface area (Å²) in [4.78, 5) is 7.17. The maximum atomic E-state index is 14.0. The summed E-state index contributed by atoms with van der Waals surface area (Å²) in [5.41, 5.74) is 1.52. The zero-order chi connectivity index (χ0) is 13.6. The van der Waals surface area contributed by atoms with Crippen LogP contribution in [-0.2, 0) is 0 Å². The van der Waals surface area contributed by atoms with E-state index in [9.17, 15) is 4.39 Å². The van der Waals surface area contributed by atoms with E-state index in [1.165, 1.54) is 12.3 Å². The summed E-state index contributed by atoms with van der Waals surface area (Å²) in [5, 5.41) is 0.489. The van der Waals surface area contributed by atoms with Gasteiger partial charge in [0.25, 0.3) is 0 Å². The summed E-state index contributed by atoms with van der Waals surface area (Å²) in [6.07, 6.45) is 1.50. The number of aromatic nitrogens is 3. The normalized spacial score (nSPS) is 11.1. The van der Waals surface area contributed by atoms with Gasteiger partial charge in [-0.25, -0.2) is 9.37 Å². The van der Waals surface area contributed by atoms with Gasteiger partial charge in [-0.15, -0.1) is 0 Å². The lowest BCUT2D eigenvalue weighted by Gasteiger charge is -2.07. The molecule has 7 heteroatoms. The lowest BCUT2D eigenvalue weighted by molar-refractivity contribution is 0.617. The van der Waals surface area contributed by atoms with Gasteiger partial charge < -0.3 is 4.98 Å². The fourth-order valence-electron chi connectivity index (χ4n) is 1.88. The van der Waals surface area contributed by atoms with E-state index in [0.29, 0.717) is 31.1 Å². The largest absolute Gasteiger partial charge is 0.329 e. The first kappa shape index (κ1) is 12.8. The van der Waals surface area contributed by atoms with Crippen molar-refractivity contribution in [1.82, 2.24) is 14.5 Å². The number of imidazole rings is 1. The minimum atomic E-state index is -0.386. The highest BCUT2D eigenvalue weighted by molar-refractivity contribution is 9.10. The van der Waals surface area contributed by atoms with E-state index in [2.05, 4.69) is 25.9 Å². The van der Waals surface area contributed by atoms with Crippen LogP contribution in [0.5, 0.6) is 0 Å². The maximum Gasteiger partial charge on any atom is 0.184 e. The Morgan fingerprint density at radius 3 is 2.95 bits per heavy atom. The van der Waals surface area contributed by atoms with Gasteiger partial charge in [-0.05, 0) is 46.3 Å². The Bertz CT molecular complexity index is 822. The molecular formula is C12H6BrClFN3S. The van der Waals surface area contributed by atoms with Crippen LogP contribution in [0.25, 0.3) is 16.9 Å². The fraction of sp³-hybridized carbons (Fsp3) is 0. The Labute approximate surface area is 126 Å². The summed E-state index contributed by atoms with van der Waals surface area (Å²) >= 11 is 14.4. The molecule has 0 saturated heterocycles. The van der Waals surface area contributed by atoms with Crippen LogP contribution in [0.3, 0.4) is 0 Å². The number of hydrogen-bond acceptors (Lipinski definition) is 2. The molecule has 0 unspecified atom stereocenters. The first-order valence-electron chi connectivity index (χ1n) is 5.28. The number of fused-ring (bicyclic) bond motifs is 1. The smallest absolute Gasteiger partial charge is 0.184 e. The van der Waals surface area contributed by atoms with Gasteiger partial charge in [-0.3, -0.25) is 4.57 Å². The SMILES string of the molecule is Fc1cccc(Br)c1-n1c(=S)[nH]c2cc(Cl)cnc21. The zero-order valence-electron chi connectivity index (χ0n) is 9.32. The van der Waals surface area contributed by atoms with E-state index in [4.69, 9.17) is 23.8 Å². The van der Waals surface area contributed by atoms with Crippen molar-refractivity contribution in [3.05, 3.63) is 50.5 Å². The lowest BCUT2D eigenvalue weighted by atomic mass is 10.3. The second kappa shape index (κ2) is 4.70.